The molecule has 1 aliphatic rings. The van der Waals surface area contributed by atoms with Crippen molar-refractivity contribution in [3.8, 4) is 0 Å². The van der Waals surface area contributed by atoms with Crippen LogP contribution in [0.25, 0.3) is 0 Å². The normalized spacial score (nSPS) is 25.8. The van der Waals surface area contributed by atoms with Crippen LogP contribution in [0.2, 0.25) is 0 Å². The number of methoxy groups -OCH3 is 1. The van der Waals surface area contributed by atoms with Gasteiger partial charge in [0.05, 0.1) is 6.10 Å². The molecule has 0 spiro atoms. The van der Waals surface area contributed by atoms with Crippen LogP contribution in [0.4, 0.5) is 0 Å². The Morgan fingerprint density at radius 3 is 2.94 bits per heavy atom. The van der Waals surface area contributed by atoms with Gasteiger partial charge in [-0.25, -0.2) is 0 Å². The molecule has 0 aromatic heterocycles. The molecule has 1 aliphatic heterocycles. The first-order chi connectivity index (χ1) is 7.69. The van der Waals surface area contributed by atoms with E-state index in [9.17, 15) is 9.90 Å². The maximum Gasteiger partial charge on any atom is 0.222 e. The first-order valence-electron chi connectivity index (χ1n) is 6.13. The van der Waals surface area contributed by atoms with Gasteiger partial charge in [0.15, 0.2) is 0 Å². The molecule has 94 valence electrons. The molecule has 1 fully saturated rings. The fourth-order valence-electron chi connectivity index (χ4n) is 2.17. The van der Waals surface area contributed by atoms with E-state index in [2.05, 4.69) is 6.92 Å². The number of aliphatic hydroxyl groups excluding tert-OH is 1. The summed E-state index contributed by atoms with van der Waals surface area (Å²) in [5, 5.41) is 9.72. The van der Waals surface area contributed by atoms with E-state index in [1.807, 2.05) is 4.90 Å². The van der Waals surface area contributed by atoms with E-state index in [1.165, 1.54) is 0 Å². The van der Waals surface area contributed by atoms with Gasteiger partial charge in [0.2, 0.25) is 5.91 Å². The van der Waals surface area contributed by atoms with Crippen LogP contribution in [0.1, 0.15) is 32.6 Å². The van der Waals surface area contributed by atoms with Crippen LogP contribution in [0.5, 0.6) is 0 Å². The molecule has 0 aliphatic carbocycles. The summed E-state index contributed by atoms with van der Waals surface area (Å²) in [6.45, 7) is 4.11. The molecule has 1 N–H and O–H groups in total. The predicted molar refractivity (Wildman–Crippen MR) is 62.1 cm³/mol. The van der Waals surface area contributed by atoms with E-state index >= 15 is 0 Å². The highest BCUT2D eigenvalue weighted by molar-refractivity contribution is 5.76. The van der Waals surface area contributed by atoms with Gasteiger partial charge in [-0.15, -0.1) is 0 Å². The molecule has 1 amide bonds. The van der Waals surface area contributed by atoms with Crippen LogP contribution in [0.15, 0.2) is 0 Å². The standard InChI is InChI=1S/C12H23NO3/c1-3-10-9-13(7-6-11(10)14)12(15)5-4-8-16-2/h10-11,14H,3-9H2,1-2H3. The van der Waals surface area contributed by atoms with Crippen molar-refractivity contribution >= 4 is 5.91 Å². The Hall–Kier alpha value is -0.610. The minimum Gasteiger partial charge on any atom is -0.393 e. The Morgan fingerprint density at radius 1 is 1.56 bits per heavy atom. The first kappa shape index (κ1) is 13.5. The number of hydrogen-bond donors (Lipinski definition) is 1. The highest BCUT2D eigenvalue weighted by Crippen LogP contribution is 2.20. The summed E-state index contributed by atoms with van der Waals surface area (Å²) in [4.78, 5) is 13.7. The van der Waals surface area contributed by atoms with Gasteiger partial charge in [0, 0.05) is 39.1 Å². The Kier molecular flexibility index (Phi) is 5.77. The summed E-state index contributed by atoms with van der Waals surface area (Å²) < 4.78 is 4.93. The molecule has 2 unspecified atom stereocenters. The summed E-state index contributed by atoms with van der Waals surface area (Å²) in [6.07, 6.45) is 2.76. The minimum absolute atomic E-state index is 0.197. The summed E-state index contributed by atoms with van der Waals surface area (Å²) in [5.41, 5.74) is 0. The predicted octanol–water partition coefficient (Wildman–Crippen LogP) is 1.03. The van der Waals surface area contributed by atoms with Gasteiger partial charge in [-0.05, 0) is 19.3 Å². The molecule has 0 bridgehead atoms. The lowest BCUT2D eigenvalue weighted by Crippen LogP contribution is -2.45. The molecular formula is C12H23NO3. The van der Waals surface area contributed by atoms with Crippen molar-refractivity contribution in [3.63, 3.8) is 0 Å². The molecule has 1 saturated heterocycles. The maximum absolute atomic E-state index is 11.8. The van der Waals surface area contributed by atoms with E-state index < -0.39 is 0 Å². The third kappa shape index (κ3) is 3.76. The third-order valence-electron chi connectivity index (χ3n) is 3.31. The molecular weight excluding hydrogens is 206 g/mol. The number of piperidine rings is 1. The monoisotopic (exact) mass is 229 g/mol. The molecule has 1 rings (SSSR count). The molecule has 2 atom stereocenters. The number of likely N-dealkylation sites (tertiary alicyclic amines) is 1. The van der Waals surface area contributed by atoms with Crippen LogP contribution >= 0.6 is 0 Å². The van der Waals surface area contributed by atoms with Gasteiger partial charge < -0.3 is 14.7 Å². The fraction of sp³-hybridized carbons (Fsp3) is 0.917. The van der Waals surface area contributed by atoms with Crippen molar-refractivity contribution in [1.82, 2.24) is 4.90 Å². The van der Waals surface area contributed by atoms with Gasteiger partial charge >= 0.3 is 0 Å². The van der Waals surface area contributed by atoms with Gasteiger partial charge in [0.25, 0.3) is 0 Å². The van der Waals surface area contributed by atoms with Crippen molar-refractivity contribution in [3.05, 3.63) is 0 Å². The number of carbonyl (C=O) groups is 1. The second kappa shape index (κ2) is 6.86. The SMILES string of the molecule is CCC1CN(C(=O)CCCOC)CCC1O. The van der Waals surface area contributed by atoms with E-state index in [-0.39, 0.29) is 17.9 Å². The first-order valence-corrected chi connectivity index (χ1v) is 6.13. The maximum atomic E-state index is 11.8. The zero-order valence-electron chi connectivity index (χ0n) is 10.3. The van der Waals surface area contributed by atoms with Crippen LogP contribution in [0, 0.1) is 5.92 Å². The van der Waals surface area contributed by atoms with Crippen molar-refractivity contribution < 1.29 is 14.6 Å². The van der Waals surface area contributed by atoms with E-state index in [0.717, 1.165) is 12.8 Å². The highest BCUT2D eigenvalue weighted by atomic mass is 16.5. The summed E-state index contributed by atoms with van der Waals surface area (Å²) >= 11 is 0. The smallest absolute Gasteiger partial charge is 0.222 e. The van der Waals surface area contributed by atoms with Crippen LogP contribution in [-0.4, -0.2) is 48.8 Å². The number of hydrogen-bond acceptors (Lipinski definition) is 3. The minimum atomic E-state index is -0.229. The topological polar surface area (TPSA) is 49.8 Å². The molecule has 16 heavy (non-hydrogen) atoms. The number of rotatable bonds is 5. The summed E-state index contributed by atoms with van der Waals surface area (Å²) in [6, 6.07) is 0. The zero-order chi connectivity index (χ0) is 12.0. The largest absolute Gasteiger partial charge is 0.393 e. The molecule has 4 nitrogen and oxygen atoms in total. The lowest BCUT2D eigenvalue weighted by Gasteiger charge is -2.35. The van der Waals surface area contributed by atoms with Gasteiger partial charge in [0.1, 0.15) is 0 Å². The molecule has 1 heterocycles. The Morgan fingerprint density at radius 2 is 2.31 bits per heavy atom. The molecule has 0 aromatic carbocycles. The molecule has 4 heteroatoms. The lowest BCUT2D eigenvalue weighted by molar-refractivity contribution is -0.135. The lowest BCUT2D eigenvalue weighted by atomic mass is 9.92. The quantitative estimate of drug-likeness (QED) is 0.716. The van der Waals surface area contributed by atoms with Crippen molar-refractivity contribution in [2.24, 2.45) is 5.92 Å². The van der Waals surface area contributed by atoms with Gasteiger partial charge in [-0.1, -0.05) is 6.92 Å². The number of carbonyl (C=O) groups excluding carboxylic acids is 1. The van der Waals surface area contributed by atoms with Crippen molar-refractivity contribution in [1.29, 1.82) is 0 Å². The number of amides is 1. The van der Waals surface area contributed by atoms with E-state index in [0.29, 0.717) is 32.5 Å². The summed E-state index contributed by atoms with van der Waals surface area (Å²) in [5.74, 6) is 0.447. The van der Waals surface area contributed by atoms with Gasteiger partial charge in [-0.3, -0.25) is 4.79 Å². The average molecular weight is 229 g/mol. The van der Waals surface area contributed by atoms with E-state index in [4.69, 9.17) is 4.74 Å². The molecule has 0 saturated carbocycles. The molecule has 0 aromatic rings. The third-order valence-corrected chi connectivity index (χ3v) is 3.31. The molecule has 0 radical (unpaired) electrons. The van der Waals surface area contributed by atoms with Gasteiger partial charge in [-0.2, -0.15) is 0 Å². The Labute approximate surface area is 97.6 Å². The van der Waals surface area contributed by atoms with Crippen LogP contribution < -0.4 is 0 Å². The zero-order valence-corrected chi connectivity index (χ0v) is 10.3. The Bertz CT molecular complexity index is 220. The second-order valence-corrected chi connectivity index (χ2v) is 4.46. The van der Waals surface area contributed by atoms with E-state index in [1.54, 1.807) is 7.11 Å². The average Bonchev–Trinajstić information content (AvgIpc) is 2.30. The van der Waals surface area contributed by atoms with Crippen LogP contribution in [-0.2, 0) is 9.53 Å². The Balaban J connectivity index is 2.33. The fourth-order valence-corrected chi connectivity index (χ4v) is 2.17. The second-order valence-electron chi connectivity index (χ2n) is 4.46. The number of ether oxygens (including phenoxy) is 1. The van der Waals surface area contributed by atoms with Crippen LogP contribution in [0.3, 0.4) is 0 Å². The number of aliphatic hydroxyl groups is 1. The number of nitrogens with zero attached hydrogens (tertiary/aromatic N) is 1. The van der Waals surface area contributed by atoms with Crippen molar-refractivity contribution in [2.45, 2.75) is 38.7 Å². The highest BCUT2D eigenvalue weighted by Gasteiger charge is 2.28. The van der Waals surface area contributed by atoms with Crippen molar-refractivity contribution in [2.75, 3.05) is 26.8 Å². The summed E-state index contributed by atoms with van der Waals surface area (Å²) in [7, 11) is 1.65.